The van der Waals surface area contributed by atoms with Crippen molar-refractivity contribution in [2.24, 2.45) is 10.4 Å². The minimum Gasteiger partial charge on any atom is -0.495 e. The molecule has 230 valence electrons. The van der Waals surface area contributed by atoms with Crippen LogP contribution in [0, 0.1) is 12.3 Å². The number of rotatable bonds is 9. The molecule has 0 spiro atoms. The van der Waals surface area contributed by atoms with Crippen LogP contribution < -0.4 is 20.1 Å². The van der Waals surface area contributed by atoms with Crippen molar-refractivity contribution in [1.82, 2.24) is 4.90 Å². The van der Waals surface area contributed by atoms with E-state index in [9.17, 15) is 14.4 Å². The van der Waals surface area contributed by atoms with Gasteiger partial charge in [-0.1, -0.05) is 61.5 Å². The van der Waals surface area contributed by atoms with E-state index < -0.39 is 10.7 Å². The van der Waals surface area contributed by atoms with Crippen LogP contribution in [0.25, 0.3) is 0 Å². The Labute approximate surface area is 266 Å². The van der Waals surface area contributed by atoms with E-state index in [-0.39, 0.29) is 36.3 Å². The molecular formula is C33H35ClN4O5S. The van der Waals surface area contributed by atoms with Gasteiger partial charge in [-0.25, -0.2) is 4.99 Å². The van der Waals surface area contributed by atoms with Gasteiger partial charge in [0.15, 0.2) is 5.17 Å². The number of ether oxygens (including phenoxy) is 2. The Morgan fingerprint density at radius 2 is 1.84 bits per heavy atom. The molecule has 2 fully saturated rings. The predicted molar refractivity (Wildman–Crippen MR) is 175 cm³/mol. The number of benzene rings is 3. The molecule has 1 heterocycles. The largest absolute Gasteiger partial charge is 0.495 e. The van der Waals surface area contributed by atoms with Crippen molar-refractivity contribution in [1.29, 1.82) is 0 Å². The lowest BCUT2D eigenvalue weighted by Gasteiger charge is -2.54. The third-order valence-corrected chi connectivity index (χ3v) is 9.50. The van der Waals surface area contributed by atoms with Gasteiger partial charge in [0.05, 0.1) is 24.5 Å². The Hall–Kier alpha value is -4.02. The first-order valence-electron chi connectivity index (χ1n) is 14.3. The first kappa shape index (κ1) is 31.4. The number of aryl methyl sites for hydroxylation is 1. The topological polar surface area (TPSA) is 109 Å². The molecule has 3 aromatic rings. The predicted octanol–water partition coefficient (Wildman–Crippen LogP) is 6.82. The molecule has 3 atom stereocenters. The molecule has 0 radical (unpaired) electrons. The Bertz CT molecular complexity index is 1610. The second kappa shape index (κ2) is 12.9. The van der Waals surface area contributed by atoms with Crippen LogP contribution in [0.2, 0.25) is 5.02 Å². The van der Waals surface area contributed by atoms with Gasteiger partial charge in [-0.15, -0.1) is 0 Å². The van der Waals surface area contributed by atoms with Crippen molar-refractivity contribution in [3.05, 3.63) is 77.3 Å². The number of methoxy groups -OCH3 is 1. The molecule has 2 N–H and O–H groups in total. The van der Waals surface area contributed by atoms with Crippen LogP contribution in [0.4, 0.5) is 17.1 Å². The van der Waals surface area contributed by atoms with Crippen LogP contribution in [0.1, 0.15) is 39.2 Å². The smallest absolute Gasteiger partial charge is 0.242 e. The number of carbonyl (C=O) groups is 3. The zero-order chi connectivity index (χ0) is 31.6. The van der Waals surface area contributed by atoms with Crippen LogP contribution in [0.15, 0.2) is 71.7 Å². The van der Waals surface area contributed by atoms with Crippen molar-refractivity contribution in [3.8, 4) is 11.5 Å². The molecule has 1 aliphatic carbocycles. The lowest BCUT2D eigenvalue weighted by molar-refractivity contribution is -0.141. The van der Waals surface area contributed by atoms with Crippen LogP contribution in [0.3, 0.4) is 0 Å². The van der Waals surface area contributed by atoms with Crippen molar-refractivity contribution >= 4 is 63.3 Å². The maximum atomic E-state index is 14.0. The summed E-state index contributed by atoms with van der Waals surface area (Å²) in [6, 6.07) is 19.9. The van der Waals surface area contributed by atoms with Gasteiger partial charge in [-0.05, 0) is 48.9 Å². The summed E-state index contributed by atoms with van der Waals surface area (Å²) in [5.74, 6) is 0.501. The number of hydrogen-bond acceptors (Lipinski definition) is 7. The number of nitrogens with zero attached hydrogens (tertiary/aromatic N) is 2. The Morgan fingerprint density at radius 1 is 1.09 bits per heavy atom. The number of hydrogen-bond donors (Lipinski definition) is 2. The van der Waals surface area contributed by atoms with Crippen molar-refractivity contribution in [2.45, 2.75) is 57.9 Å². The molecule has 11 heteroatoms. The van der Waals surface area contributed by atoms with Gasteiger partial charge in [0, 0.05) is 42.0 Å². The van der Waals surface area contributed by atoms with E-state index in [0.29, 0.717) is 39.4 Å². The molecule has 3 aromatic carbocycles. The highest BCUT2D eigenvalue weighted by atomic mass is 35.5. The standard InChI is InChI=1S/C33H35ClN4O5S/c1-19-14-25(26(42-5)16-24(19)34)37-30(40)17-27-31(41)38(28-18-29(33(28,3)4)43-23-12-7-6-8-13-23)32(44-27)36-22-11-9-10-21(15-22)35-20(2)39/h6-16,27-29H,17-18H2,1-5H3,(H,35,39)(H,37,40)/t27?,28-,29+/m1/s1. The quantitative estimate of drug-likeness (QED) is 0.267. The SMILES string of the molecule is COc1cc(Cl)c(C)cc1NC(=O)CC1SC(=Nc2cccc(NC(C)=O)c2)N([C@@H]2C[C@H](Oc3ccccc3)C2(C)C)C1=O. The highest BCUT2D eigenvalue weighted by molar-refractivity contribution is 8.15. The van der Waals surface area contributed by atoms with E-state index in [4.69, 9.17) is 26.1 Å². The number of carbonyl (C=O) groups excluding carboxylic acids is 3. The third kappa shape index (κ3) is 6.71. The zero-order valence-corrected chi connectivity index (χ0v) is 26.8. The summed E-state index contributed by atoms with van der Waals surface area (Å²) in [4.78, 5) is 45.5. The zero-order valence-electron chi connectivity index (χ0n) is 25.2. The van der Waals surface area contributed by atoms with Crippen molar-refractivity contribution < 1.29 is 23.9 Å². The number of para-hydroxylation sites is 1. The monoisotopic (exact) mass is 634 g/mol. The van der Waals surface area contributed by atoms with E-state index >= 15 is 0 Å². The lowest BCUT2D eigenvalue weighted by Crippen LogP contribution is -2.64. The van der Waals surface area contributed by atoms with E-state index in [1.807, 2.05) is 43.3 Å². The second-order valence-corrected chi connectivity index (χ2v) is 13.1. The van der Waals surface area contributed by atoms with E-state index in [0.717, 1.165) is 11.3 Å². The fraction of sp³-hybridized carbons (Fsp3) is 0.333. The Kier molecular flexibility index (Phi) is 9.22. The summed E-state index contributed by atoms with van der Waals surface area (Å²) in [6.07, 6.45) is 0.437. The summed E-state index contributed by atoms with van der Waals surface area (Å²) in [6.45, 7) is 7.44. The highest BCUT2D eigenvalue weighted by Gasteiger charge is 2.57. The molecule has 1 unspecified atom stereocenters. The van der Waals surface area contributed by atoms with Crippen molar-refractivity contribution in [2.75, 3.05) is 17.7 Å². The Balaban J connectivity index is 1.40. The van der Waals surface area contributed by atoms with Gasteiger partial charge >= 0.3 is 0 Å². The van der Waals surface area contributed by atoms with Gasteiger partial charge < -0.3 is 20.1 Å². The van der Waals surface area contributed by atoms with Crippen LogP contribution in [-0.4, -0.2) is 52.3 Å². The third-order valence-electron chi connectivity index (χ3n) is 7.94. The minimum absolute atomic E-state index is 0.0626. The number of amides is 3. The van der Waals surface area contributed by atoms with Crippen molar-refractivity contribution in [3.63, 3.8) is 0 Å². The number of aliphatic imine (C=N–C) groups is 1. The maximum absolute atomic E-state index is 14.0. The summed E-state index contributed by atoms with van der Waals surface area (Å²) >= 11 is 7.49. The van der Waals surface area contributed by atoms with Gasteiger partial charge in [0.2, 0.25) is 17.7 Å². The van der Waals surface area contributed by atoms with E-state index in [1.54, 1.807) is 35.2 Å². The van der Waals surface area contributed by atoms with Crippen LogP contribution in [0.5, 0.6) is 11.5 Å². The molecule has 1 saturated carbocycles. The average molecular weight is 635 g/mol. The lowest BCUT2D eigenvalue weighted by atomic mass is 9.63. The van der Waals surface area contributed by atoms with Gasteiger partial charge in [-0.3, -0.25) is 19.3 Å². The van der Waals surface area contributed by atoms with Gasteiger partial charge in [0.25, 0.3) is 0 Å². The maximum Gasteiger partial charge on any atom is 0.242 e. The van der Waals surface area contributed by atoms with E-state index in [1.165, 1.54) is 25.8 Å². The fourth-order valence-corrected chi connectivity index (χ4v) is 6.76. The molecule has 5 rings (SSSR count). The van der Waals surface area contributed by atoms with E-state index in [2.05, 4.69) is 24.5 Å². The molecule has 3 amide bonds. The molecule has 9 nitrogen and oxygen atoms in total. The summed E-state index contributed by atoms with van der Waals surface area (Å²) in [7, 11) is 1.50. The van der Waals surface area contributed by atoms with Gasteiger partial charge in [0.1, 0.15) is 22.9 Å². The highest BCUT2D eigenvalue weighted by Crippen LogP contribution is 2.49. The molecular weight excluding hydrogens is 600 g/mol. The molecule has 0 bridgehead atoms. The average Bonchev–Trinajstić information content (AvgIpc) is 3.26. The fourth-order valence-electron chi connectivity index (χ4n) is 5.41. The molecule has 0 aromatic heterocycles. The minimum atomic E-state index is -0.684. The number of anilines is 2. The van der Waals surface area contributed by atoms with Crippen LogP contribution >= 0.6 is 23.4 Å². The summed E-state index contributed by atoms with van der Waals surface area (Å²) in [5, 5.41) is 6.00. The molecule has 1 aliphatic heterocycles. The normalized spacial score (nSPS) is 21.5. The second-order valence-electron chi connectivity index (χ2n) is 11.5. The molecule has 2 aliphatic rings. The number of halogens is 1. The number of amidine groups is 1. The number of thioether (sulfide) groups is 1. The first-order valence-corrected chi connectivity index (χ1v) is 15.5. The first-order chi connectivity index (χ1) is 21.0. The molecule has 1 saturated heterocycles. The number of nitrogens with one attached hydrogen (secondary N) is 2. The summed E-state index contributed by atoms with van der Waals surface area (Å²) in [5.41, 5.74) is 2.06. The molecule has 44 heavy (non-hydrogen) atoms. The van der Waals surface area contributed by atoms with Gasteiger partial charge in [-0.2, -0.15) is 0 Å². The Morgan fingerprint density at radius 3 is 2.52 bits per heavy atom. The van der Waals surface area contributed by atoms with Crippen LogP contribution in [-0.2, 0) is 14.4 Å². The summed E-state index contributed by atoms with van der Waals surface area (Å²) < 4.78 is 11.7.